The normalized spacial score (nSPS) is 38.0. The van der Waals surface area contributed by atoms with Crippen molar-refractivity contribution in [3.8, 4) is 5.75 Å². The molecule has 144 valence electrons. The van der Waals surface area contributed by atoms with E-state index < -0.39 is 0 Å². The predicted octanol–water partition coefficient (Wildman–Crippen LogP) is 6.62. The zero-order valence-corrected chi connectivity index (χ0v) is 17.8. The number of halogens is 2. The lowest BCUT2D eigenvalue weighted by Crippen LogP contribution is -2.63. The molecule has 0 amide bonds. The lowest BCUT2D eigenvalue weighted by atomic mass is 9.43. The van der Waals surface area contributed by atoms with Gasteiger partial charge in [0.25, 0.3) is 0 Å². The van der Waals surface area contributed by atoms with Crippen molar-refractivity contribution in [2.45, 2.75) is 77.8 Å². The summed E-state index contributed by atoms with van der Waals surface area (Å²) in [6, 6.07) is 3.79. The number of hydrogen-bond donors (Lipinski definition) is 1. The monoisotopic (exact) mass is 395 g/mol. The van der Waals surface area contributed by atoms with E-state index in [1.165, 1.54) is 38.5 Å². The fourth-order valence-electron chi connectivity index (χ4n) is 7.04. The van der Waals surface area contributed by atoms with Crippen LogP contribution >= 0.6 is 23.2 Å². The second kappa shape index (κ2) is 6.57. The van der Waals surface area contributed by atoms with Crippen LogP contribution in [0.3, 0.4) is 0 Å². The van der Waals surface area contributed by atoms with Crippen LogP contribution in [0.15, 0.2) is 12.1 Å². The highest BCUT2D eigenvalue weighted by Gasteiger charge is 2.59. The van der Waals surface area contributed by atoms with E-state index in [4.69, 9.17) is 27.9 Å². The van der Waals surface area contributed by atoms with Gasteiger partial charge in [-0.05, 0) is 73.8 Å². The maximum Gasteiger partial charge on any atom is 0.142 e. The van der Waals surface area contributed by atoms with Crippen molar-refractivity contribution < 1.29 is 4.74 Å². The molecule has 5 rings (SSSR count). The second-order valence-corrected chi connectivity index (χ2v) is 10.8. The summed E-state index contributed by atoms with van der Waals surface area (Å²) in [6.45, 7) is 8.59. The average molecular weight is 396 g/mol. The van der Waals surface area contributed by atoms with Crippen molar-refractivity contribution >= 4 is 23.2 Å². The number of ether oxygens (including phenoxy) is 1. The predicted molar refractivity (Wildman–Crippen MR) is 109 cm³/mol. The Kier molecular flexibility index (Phi) is 4.77. The highest BCUT2D eigenvalue weighted by Crippen LogP contribution is 2.66. The molecule has 4 saturated carbocycles. The summed E-state index contributed by atoms with van der Waals surface area (Å²) in [6.07, 6.45) is 9.11. The van der Waals surface area contributed by atoms with Crippen LogP contribution in [0.2, 0.25) is 10.0 Å². The van der Waals surface area contributed by atoms with Crippen LogP contribution in [0.1, 0.15) is 71.3 Å². The molecule has 26 heavy (non-hydrogen) atoms. The van der Waals surface area contributed by atoms with Gasteiger partial charge in [-0.1, -0.05) is 44.0 Å². The van der Waals surface area contributed by atoms with Crippen LogP contribution in [0.4, 0.5) is 0 Å². The highest BCUT2D eigenvalue weighted by atomic mass is 35.5. The van der Waals surface area contributed by atoms with Crippen molar-refractivity contribution in [3.63, 3.8) is 0 Å². The zero-order chi connectivity index (χ0) is 18.6. The maximum atomic E-state index is 6.43. The van der Waals surface area contributed by atoms with Gasteiger partial charge < -0.3 is 10.1 Å². The molecule has 1 aromatic carbocycles. The van der Waals surface area contributed by atoms with E-state index >= 15 is 0 Å². The van der Waals surface area contributed by atoms with Gasteiger partial charge in [0.15, 0.2) is 0 Å². The highest BCUT2D eigenvalue weighted by molar-refractivity contribution is 6.35. The van der Waals surface area contributed by atoms with E-state index in [-0.39, 0.29) is 5.54 Å². The molecule has 0 spiro atoms. The summed E-state index contributed by atoms with van der Waals surface area (Å²) in [5, 5.41) is 5.27. The van der Waals surface area contributed by atoms with Crippen LogP contribution in [-0.2, 0) is 6.54 Å². The van der Waals surface area contributed by atoms with Gasteiger partial charge in [0.1, 0.15) is 5.75 Å². The quantitative estimate of drug-likeness (QED) is 0.583. The largest absolute Gasteiger partial charge is 0.492 e. The molecule has 0 radical (unpaired) electrons. The molecular formula is C22H31Cl2NO. The molecular weight excluding hydrogens is 365 g/mol. The Balaban J connectivity index is 1.56. The van der Waals surface area contributed by atoms with E-state index in [1.807, 2.05) is 6.07 Å². The minimum Gasteiger partial charge on any atom is -0.492 e. The molecule has 4 fully saturated rings. The minimum absolute atomic E-state index is 0.264. The van der Waals surface area contributed by atoms with Gasteiger partial charge in [0, 0.05) is 22.7 Å². The summed E-state index contributed by atoms with van der Waals surface area (Å²) < 4.78 is 5.95. The fraction of sp³-hybridized carbons (Fsp3) is 0.727. The Morgan fingerprint density at radius 3 is 2.38 bits per heavy atom. The molecule has 0 heterocycles. The van der Waals surface area contributed by atoms with Gasteiger partial charge in [0.2, 0.25) is 0 Å². The Labute approximate surface area is 168 Å². The van der Waals surface area contributed by atoms with E-state index in [2.05, 4.69) is 26.1 Å². The van der Waals surface area contributed by atoms with Gasteiger partial charge in [-0.25, -0.2) is 0 Å². The Morgan fingerprint density at radius 2 is 1.77 bits per heavy atom. The zero-order valence-electron chi connectivity index (χ0n) is 16.3. The number of rotatable bonds is 6. The van der Waals surface area contributed by atoms with E-state index in [0.717, 1.165) is 30.2 Å². The number of nitrogens with one attached hydrogen (secondary N) is 1. The smallest absolute Gasteiger partial charge is 0.142 e. The molecule has 0 aliphatic heterocycles. The molecule has 2 unspecified atom stereocenters. The summed E-state index contributed by atoms with van der Waals surface area (Å²) >= 11 is 12.7. The van der Waals surface area contributed by atoms with Gasteiger partial charge >= 0.3 is 0 Å². The first kappa shape index (κ1) is 18.9. The van der Waals surface area contributed by atoms with Crippen LogP contribution in [0.5, 0.6) is 5.75 Å². The molecule has 4 aliphatic rings. The van der Waals surface area contributed by atoms with Crippen molar-refractivity contribution in [2.24, 2.45) is 16.7 Å². The molecule has 4 heteroatoms. The third-order valence-electron chi connectivity index (χ3n) is 6.82. The molecule has 0 aromatic heterocycles. The Bertz CT molecular complexity index is 686. The first-order valence-corrected chi connectivity index (χ1v) is 10.9. The Morgan fingerprint density at radius 1 is 1.08 bits per heavy atom. The summed E-state index contributed by atoms with van der Waals surface area (Å²) in [4.78, 5) is 0. The average Bonchev–Trinajstić information content (AvgIpc) is 2.48. The van der Waals surface area contributed by atoms with Crippen LogP contribution in [-0.4, -0.2) is 12.1 Å². The topological polar surface area (TPSA) is 21.3 Å². The van der Waals surface area contributed by atoms with Gasteiger partial charge in [0.05, 0.1) is 11.6 Å². The minimum atomic E-state index is 0.264. The van der Waals surface area contributed by atoms with E-state index in [9.17, 15) is 0 Å². The number of benzene rings is 1. The summed E-state index contributed by atoms with van der Waals surface area (Å²) in [5.74, 6) is 1.68. The van der Waals surface area contributed by atoms with E-state index in [0.29, 0.717) is 27.5 Å². The summed E-state index contributed by atoms with van der Waals surface area (Å²) in [5.41, 5.74) is 2.37. The molecule has 1 aromatic rings. The van der Waals surface area contributed by atoms with Gasteiger partial charge in [-0.15, -0.1) is 0 Å². The van der Waals surface area contributed by atoms with Crippen molar-refractivity contribution in [1.82, 2.24) is 5.32 Å². The first-order chi connectivity index (χ1) is 12.2. The number of hydrogen-bond acceptors (Lipinski definition) is 2. The second-order valence-electron chi connectivity index (χ2n) is 9.99. The first-order valence-electron chi connectivity index (χ1n) is 10.1. The van der Waals surface area contributed by atoms with Crippen LogP contribution < -0.4 is 10.1 Å². The van der Waals surface area contributed by atoms with E-state index in [1.54, 1.807) is 6.07 Å². The third kappa shape index (κ3) is 3.50. The fourth-order valence-corrected chi connectivity index (χ4v) is 7.63. The van der Waals surface area contributed by atoms with Crippen molar-refractivity contribution in [3.05, 3.63) is 27.7 Å². The summed E-state index contributed by atoms with van der Waals surface area (Å²) in [7, 11) is 0. The van der Waals surface area contributed by atoms with Gasteiger partial charge in [-0.2, -0.15) is 0 Å². The molecule has 1 N–H and O–H groups in total. The molecule has 0 saturated heterocycles. The SMILES string of the molecule is CCCOc1c(Cl)cc(Cl)cc1CNC12CC3CC(C)(CC(C)(C3)C1)C2. The molecule has 4 aliphatic carbocycles. The molecule has 4 bridgehead atoms. The molecule has 2 atom stereocenters. The molecule has 2 nitrogen and oxygen atoms in total. The standard InChI is InChI=1S/C22H31Cl2NO/c1-4-5-26-19-16(6-17(23)7-18(19)24)11-25-22-10-15-8-20(2,13-22)12-21(3,9-15)14-22/h6-7,15,25H,4-5,8-14H2,1-3H3. The van der Waals surface area contributed by atoms with Gasteiger partial charge in [-0.3, -0.25) is 0 Å². The lowest BCUT2D eigenvalue weighted by molar-refractivity contribution is -0.118. The van der Waals surface area contributed by atoms with Crippen LogP contribution in [0, 0.1) is 16.7 Å². The third-order valence-corrected chi connectivity index (χ3v) is 7.31. The van der Waals surface area contributed by atoms with Crippen molar-refractivity contribution in [2.75, 3.05) is 6.61 Å². The lowest BCUT2D eigenvalue weighted by Gasteiger charge is -2.65. The van der Waals surface area contributed by atoms with Crippen molar-refractivity contribution in [1.29, 1.82) is 0 Å². The maximum absolute atomic E-state index is 6.43. The van der Waals surface area contributed by atoms with Crippen LogP contribution in [0.25, 0.3) is 0 Å². The Hall–Kier alpha value is -0.440.